The summed E-state index contributed by atoms with van der Waals surface area (Å²) in [6.07, 6.45) is 0. The molecule has 9 aromatic carbocycles. The highest BCUT2D eigenvalue weighted by molar-refractivity contribution is 5.61. The monoisotopic (exact) mass is 774 g/mol. The van der Waals surface area contributed by atoms with Gasteiger partial charge in [-0.3, -0.25) is 0 Å². The van der Waals surface area contributed by atoms with Gasteiger partial charge in [0, 0.05) is 0 Å². The quantitative estimate of drug-likeness (QED) is 0.102. The minimum atomic E-state index is -0.487. The predicted octanol–water partition coefficient (Wildman–Crippen LogP) is 13.6. The average Bonchev–Trinajstić information content (AvgIpc) is 3.34. The molecule has 0 atom stereocenters. The lowest BCUT2D eigenvalue weighted by atomic mass is 9.65. The molecule has 2 nitrogen and oxygen atoms in total. The zero-order chi connectivity index (χ0) is 40.5. The number of hydrogen-bond acceptors (Lipinski definition) is 2. The summed E-state index contributed by atoms with van der Waals surface area (Å²) < 4.78 is 12.7. The third kappa shape index (κ3) is 7.52. The smallest absolute Gasteiger partial charge is 0.119 e. The Kier molecular flexibility index (Phi) is 11.2. The summed E-state index contributed by atoms with van der Waals surface area (Å²) in [4.78, 5) is 0. The molecule has 0 radical (unpaired) electrons. The molecule has 9 rings (SSSR count). The number of hydrogen-bond donors (Lipinski definition) is 0. The largest absolute Gasteiger partial charge is 0.489 e. The molecule has 0 fully saturated rings. The first-order valence-corrected chi connectivity index (χ1v) is 20.6. The Labute approximate surface area is 354 Å². The summed E-state index contributed by atoms with van der Waals surface area (Å²) in [5.74, 6) is 1.65. The molecule has 0 bridgehead atoms. The zero-order valence-corrected chi connectivity index (χ0v) is 33.5. The number of rotatable bonds is 14. The molecule has 0 saturated carbocycles. The summed E-state index contributed by atoms with van der Waals surface area (Å²) in [7, 11) is 0. The molecule has 0 amide bonds. The molecule has 290 valence electrons. The lowest BCUT2D eigenvalue weighted by Crippen LogP contribution is -2.30. The van der Waals surface area contributed by atoms with Crippen LogP contribution in [0.2, 0.25) is 0 Å². The molecular weight excluding hydrogens is 729 g/mol. The first-order valence-electron chi connectivity index (χ1n) is 20.6. The maximum atomic E-state index is 6.35. The van der Waals surface area contributed by atoms with Gasteiger partial charge in [0.2, 0.25) is 0 Å². The molecule has 0 aliphatic rings. The maximum Gasteiger partial charge on any atom is 0.119 e. The molecule has 0 heterocycles. The topological polar surface area (TPSA) is 18.5 Å². The molecule has 60 heavy (non-hydrogen) atoms. The summed E-state index contributed by atoms with van der Waals surface area (Å²) in [6, 6.07) is 90.3. The van der Waals surface area contributed by atoms with Gasteiger partial charge in [0.1, 0.15) is 24.7 Å². The van der Waals surface area contributed by atoms with Crippen LogP contribution in [0, 0.1) is 0 Å². The Morgan fingerprint density at radius 1 is 0.217 bits per heavy atom. The molecule has 9 aromatic rings. The van der Waals surface area contributed by atoms with Crippen molar-refractivity contribution in [3.05, 3.63) is 310 Å². The maximum absolute atomic E-state index is 6.35. The van der Waals surface area contributed by atoms with Crippen LogP contribution >= 0.6 is 0 Å². The lowest BCUT2D eigenvalue weighted by molar-refractivity contribution is 0.302. The van der Waals surface area contributed by atoms with Crippen LogP contribution < -0.4 is 9.47 Å². The predicted molar refractivity (Wildman–Crippen MR) is 245 cm³/mol. The fourth-order valence-electron chi connectivity index (χ4n) is 8.80. The fraction of sp³-hybridized carbons (Fsp3) is 0.0690. The standard InChI is InChI=1S/C58H46O2/c1-7-19-47(20-8-1)57(48-21-9-2-10-22-48,49-23-11-3-12-24-49)53-35-39-55(40-36-53)59-43-45-31-33-46(34-32-45)44-60-56-41-37-54(38-42-56)58(50-25-13-4-14-26-50,51-27-15-5-16-28-51)52-29-17-6-18-30-52/h1-42H,43-44H2. The van der Waals surface area contributed by atoms with Crippen LogP contribution in [0.3, 0.4) is 0 Å². The fourth-order valence-corrected chi connectivity index (χ4v) is 8.80. The van der Waals surface area contributed by atoms with Crippen molar-refractivity contribution in [1.82, 2.24) is 0 Å². The second-order valence-electron chi connectivity index (χ2n) is 15.1. The van der Waals surface area contributed by atoms with Crippen LogP contribution in [0.25, 0.3) is 0 Å². The van der Waals surface area contributed by atoms with E-state index in [1.54, 1.807) is 0 Å². The number of ether oxygens (including phenoxy) is 2. The van der Waals surface area contributed by atoms with Crippen molar-refractivity contribution < 1.29 is 9.47 Å². The highest BCUT2D eigenvalue weighted by atomic mass is 16.5. The van der Waals surface area contributed by atoms with Gasteiger partial charge < -0.3 is 9.47 Å². The van der Waals surface area contributed by atoms with Gasteiger partial charge in [0.05, 0.1) is 10.8 Å². The molecule has 0 unspecified atom stereocenters. The normalized spacial score (nSPS) is 11.5. The Hall–Kier alpha value is -7.42. The second kappa shape index (κ2) is 17.6. The van der Waals surface area contributed by atoms with Crippen molar-refractivity contribution in [3.8, 4) is 11.5 Å². The molecule has 0 saturated heterocycles. The van der Waals surface area contributed by atoms with Crippen LogP contribution in [0.1, 0.15) is 55.6 Å². The minimum Gasteiger partial charge on any atom is -0.489 e. The van der Waals surface area contributed by atoms with E-state index in [9.17, 15) is 0 Å². The van der Waals surface area contributed by atoms with Crippen LogP contribution in [-0.2, 0) is 24.0 Å². The van der Waals surface area contributed by atoms with Crippen LogP contribution in [0.5, 0.6) is 11.5 Å². The molecule has 0 aliphatic carbocycles. The Bertz CT molecular complexity index is 2290. The van der Waals surface area contributed by atoms with Gasteiger partial charge in [-0.25, -0.2) is 0 Å². The lowest BCUT2D eigenvalue weighted by Gasteiger charge is -2.37. The van der Waals surface area contributed by atoms with E-state index < -0.39 is 10.8 Å². The van der Waals surface area contributed by atoms with E-state index in [2.05, 4.69) is 255 Å². The highest BCUT2D eigenvalue weighted by Gasteiger charge is 2.39. The van der Waals surface area contributed by atoms with E-state index in [0.29, 0.717) is 13.2 Å². The molecule has 0 spiro atoms. The highest BCUT2D eigenvalue weighted by Crippen LogP contribution is 2.47. The van der Waals surface area contributed by atoms with Crippen LogP contribution in [0.4, 0.5) is 0 Å². The van der Waals surface area contributed by atoms with Gasteiger partial charge in [0.25, 0.3) is 0 Å². The SMILES string of the molecule is c1ccc(C(c2ccccc2)(c2ccccc2)c2ccc(OCc3ccc(COc4ccc(C(c5ccccc5)(c5ccccc5)c5ccccc5)cc4)cc3)cc2)cc1. The van der Waals surface area contributed by atoms with Gasteiger partial charge in [0.15, 0.2) is 0 Å². The van der Waals surface area contributed by atoms with Crippen LogP contribution in [-0.4, -0.2) is 0 Å². The van der Waals surface area contributed by atoms with E-state index >= 15 is 0 Å². The minimum absolute atomic E-state index is 0.467. The van der Waals surface area contributed by atoms with Crippen molar-refractivity contribution in [2.45, 2.75) is 24.0 Å². The molecule has 0 aliphatic heterocycles. The van der Waals surface area contributed by atoms with E-state index in [0.717, 1.165) is 22.6 Å². The van der Waals surface area contributed by atoms with E-state index in [1.807, 2.05) is 0 Å². The summed E-state index contributed by atoms with van der Waals surface area (Å²) in [5, 5.41) is 0. The summed E-state index contributed by atoms with van der Waals surface area (Å²) in [5.41, 5.74) is 10.9. The Morgan fingerprint density at radius 2 is 0.417 bits per heavy atom. The third-order valence-electron chi connectivity index (χ3n) is 11.6. The van der Waals surface area contributed by atoms with Crippen molar-refractivity contribution in [3.63, 3.8) is 0 Å². The zero-order valence-electron chi connectivity index (χ0n) is 33.5. The molecular formula is C58H46O2. The van der Waals surface area contributed by atoms with Crippen molar-refractivity contribution in [2.75, 3.05) is 0 Å². The van der Waals surface area contributed by atoms with E-state index in [1.165, 1.54) is 44.5 Å². The van der Waals surface area contributed by atoms with Crippen molar-refractivity contribution in [1.29, 1.82) is 0 Å². The summed E-state index contributed by atoms with van der Waals surface area (Å²) >= 11 is 0. The molecule has 2 heteroatoms. The average molecular weight is 775 g/mol. The Balaban J connectivity index is 0.895. The van der Waals surface area contributed by atoms with Crippen molar-refractivity contribution in [2.24, 2.45) is 0 Å². The van der Waals surface area contributed by atoms with E-state index in [-0.39, 0.29) is 0 Å². The van der Waals surface area contributed by atoms with Crippen molar-refractivity contribution >= 4 is 0 Å². The third-order valence-corrected chi connectivity index (χ3v) is 11.6. The molecule has 0 aromatic heterocycles. The second-order valence-corrected chi connectivity index (χ2v) is 15.1. The van der Waals surface area contributed by atoms with Gasteiger partial charge in [-0.15, -0.1) is 0 Å². The van der Waals surface area contributed by atoms with Gasteiger partial charge in [-0.2, -0.15) is 0 Å². The first kappa shape index (κ1) is 38.1. The van der Waals surface area contributed by atoms with Crippen LogP contribution in [0.15, 0.2) is 255 Å². The van der Waals surface area contributed by atoms with Gasteiger partial charge >= 0.3 is 0 Å². The summed E-state index contributed by atoms with van der Waals surface area (Å²) in [6.45, 7) is 0.935. The van der Waals surface area contributed by atoms with E-state index in [4.69, 9.17) is 9.47 Å². The molecule has 0 N–H and O–H groups in total. The number of benzene rings is 9. The Morgan fingerprint density at radius 3 is 0.633 bits per heavy atom. The first-order chi connectivity index (χ1) is 29.7. The van der Waals surface area contributed by atoms with Gasteiger partial charge in [-0.05, 0) is 79.9 Å². The van der Waals surface area contributed by atoms with Gasteiger partial charge in [-0.1, -0.05) is 231 Å².